The van der Waals surface area contributed by atoms with Crippen molar-refractivity contribution in [2.45, 2.75) is 96.0 Å². The second kappa shape index (κ2) is 18.4. The fourth-order valence-corrected chi connectivity index (χ4v) is 13.3. The number of likely N-dealkylation sites (tertiary alicyclic amines) is 1. The SMILES string of the molecule is CCc1c(F)ccc2cc(O)cc(-c3ncc4c(N5CCC[C@@](C)(O)C5)nc(OCC5(CN6CCC7(CC6)CC(CN6CCN(c8ccc9c(C%10CCC(=O)NC%10=O)nn(C)c9c8)CC6)C7)CC5)nc4c3F)c12. The van der Waals surface area contributed by atoms with Crippen molar-refractivity contribution in [1.82, 2.24) is 39.8 Å². The number of carbonyl (C=O) groups excluding carboxylic acids is 2. The minimum Gasteiger partial charge on any atom is -0.508 e. The number of aromatic hydroxyl groups is 1. The average Bonchev–Trinajstić information content (AvgIpc) is 4.06. The molecule has 2 atom stereocenters. The van der Waals surface area contributed by atoms with Gasteiger partial charge in [-0.2, -0.15) is 15.1 Å². The van der Waals surface area contributed by atoms with Crippen molar-refractivity contribution < 1.29 is 33.3 Å². The van der Waals surface area contributed by atoms with E-state index in [1.807, 2.05) is 23.6 Å². The Balaban J connectivity index is 0.668. The summed E-state index contributed by atoms with van der Waals surface area (Å²) < 4.78 is 40.7. The molecule has 384 valence electrons. The Kier molecular flexibility index (Phi) is 12.1. The first kappa shape index (κ1) is 47.9. The summed E-state index contributed by atoms with van der Waals surface area (Å²) in [7, 11) is 1.92. The number of halogens is 2. The number of hydrogen-bond acceptors (Lipinski definition) is 13. The Morgan fingerprint density at radius 3 is 2.42 bits per heavy atom. The van der Waals surface area contributed by atoms with Crippen LogP contribution in [0.25, 0.3) is 43.8 Å². The smallest absolute Gasteiger partial charge is 0.319 e. The topological polar surface area (TPSA) is 165 Å². The summed E-state index contributed by atoms with van der Waals surface area (Å²) in [6.45, 7) is 13.2. The van der Waals surface area contributed by atoms with E-state index in [0.717, 1.165) is 94.1 Å². The highest BCUT2D eigenvalue weighted by Gasteiger charge is 2.50. The monoisotopic (exact) mass is 997 g/mol. The molecule has 17 heteroatoms. The number of anilines is 2. The number of aliphatic hydroxyl groups is 1. The van der Waals surface area contributed by atoms with Gasteiger partial charge in [0, 0.05) is 94.1 Å². The first-order chi connectivity index (χ1) is 35.1. The van der Waals surface area contributed by atoms with Gasteiger partial charge in [0.05, 0.1) is 34.7 Å². The number of aryl methyl sites for hydroxylation is 2. The number of imide groups is 1. The summed E-state index contributed by atoms with van der Waals surface area (Å²) in [5.41, 5.74) is 3.04. The van der Waals surface area contributed by atoms with Gasteiger partial charge in [-0.05, 0) is 148 Å². The van der Waals surface area contributed by atoms with Crippen LogP contribution in [0.5, 0.6) is 11.8 Å². The average molecular weight is 997 g/mol. The van der Waals surface area contributed by atoms with Gasteiger partial charge in [0.25, 0.3) is 0 Å². The molecule has 4 aliphatic heterocycles. The number of hydrogen-bond donors (Lipinski definition) is 3. The molecule has 0 bridgehead atoms. The largest absolute Gasteiger partial charge is 0.508 e. The van der Waals surface area contributed by atoms with Gasteiger partial charge in [0.15, 0.2) is 5.82 Å². The summed E-state index contributed by atoms with van der Waals surface area (Å²) in [6.07, 6.45) is 11.2. The summed E-state index contributed by atoms with van der Waals surface area (Å²) >= 11 is 0. The van der Waals surface area contributed by atoms with Gasteiger partial charge in [0.1, 0.15) is 28.6 Å². The molecule has 6 aliphatic rings. The highest BCUT2D eigenvalue weighted by molar-refractivity contribution is 6.03. The summed E-state index contributed by atoms with van der Waals surface area (Å²) in [5, 5.41) is 31.5. The Labute approximate surface area is 423 Å². The molecular formula is C56H66F2N10O5. The molecule has 3 N–H and O–H groups in total. The number of benzene rings is 3. The highest BCUT2D eigenvalue weighted by atomic mass is 19.1. The van der Waals surface area contributed by atoms with Crippen LogP contribution in [0.4, 0.5) is 20.3 Å². The third-order valence-electron chi connectivity index (χ3n) is 17.4. The number of piperidine rings is 3. The lowest BCUT2D eigenvalue weighted by Crippen LogP contribution is -2.53. The Morgan fingerprint density at radius 2 is 1.68 bits per heavy atom. The minimum absolute atomic E-state index is 0.0250. The van der Waals surface area contributed by atoms with E-state index >= 15 is 8.78 Å². The van der Waals surface area contributed by atoms with Crippen molar-refractivity contribution in [3.05, 3.63) is 71.6 Å². The molecule has 2 amide bonds. The van der Waals surface area contributed by atoms with E-state index in [1.165, 1.54) is 43.5 Å². The molecule has 7 heterocycles. The third-order valence-corrected chi connectivity index (χ3v) is 17.4. The Hall–Kier alpha value is -6.04. The predicted molar refractivity (Wildman–Crippen MR) is 276 cm³/mol. The molecule has 1 unspecified atom stereocenters. The van der Waals surface area contributed by atoms with Crippen LogP contribution < -0.4 is 19.9 Å². The molecule has 73 heavy (non-hydrogen) atoms. The number of β-amino-alcohol motifs (C(OH)–C–C–N with tert-alkyl or cyclic N) is 1. The maximum atomic E-state index is 17.2. The first-order valence-electron chi connectivity index (χ1n) is 26.6. The first-order valence-corrected chi connectivity index (χ1v) is 26.6. The fraction of sp³-hybridized carbons (Fsp3) is 0.536. The third kappa shape index (κ3) is 9.13. The molecule has 2 aliphatic carbocycles. The molecular weight excluding hydrogens is 931 g/mol. The fourth-order valence-electron chi connectivity index (χ4n) is 13.3. The summed E-state index contributed by atoms with van der Waals surface area (Å²) in [6, 6.07) is 12.4. The zero-order valence-electron chi connectivity index (χ0n) is 42.2. The molecule has 6 fully saturated rings. The standard InChI is InChI=1S/C56H66F2N10O5/c1-4-38-43(57)10-6-35-24-37(69)26-41(46(35)38)49-47(58)50-42(29-59-49)51(68-17-5-12-54(2,72)31-68)62-53(61-50)73-33-56(13-14-56)32-66-18-15-55(16-19-66)27-34(28-55)30-65-20-22-67(23-21-65)36-7-8-39-44(25-36)64(3)63-48(39)40-9-11-45(70)60-52(40)71/h6-8,10,24-26,29,34,40,69,72H,4-5,9,11-23,27-28,30-33H2,1-3H3,(H,60,70,71)/t40?,54-/m1/s1. The molecule has 12 rings (SSSR count). The zero-order chi connectivity index (χ0) is 50.4. The van der Waals surface area contributed by atoms with Crippen molar-refractivity contribution in [3.63, 3.8) is 0 Å². The van der Waals surface area contributed by atoms with Gasteiger partial charge in [-0.15, -0.1) is 0 Å². The summed E-state index contributed by atoms with van der Waals surface area (Å²) in [5.74, 6) is -0.900. The lowest BCUT2D eigenvalue weighted by Gasteiger charge is -2.54. The van der Waals surface area contributed by atoms with Crippen LogP contribution in [0, 0.1) is 28.4 Å². The number of pyridine rings is 1. The Bertz CT molecular complexity index is 3150. The number of aromatic nitrogens is 5. The van der Waals surface area contributed by atoms with Crippen LogP contribution in [0.3, 0.4) is 0 Å². The highest BCUT2D eigenvalue weighted by Crippen LogP contribution is 2.54. The number of piperazine rings is 1. The number of rotatable bonds is 12. The van der Waals surface area contributed by atoms with E-state index in [0.29, 0.717) is 78.3 Å². The van der Waals surface area contributed by atoms with Crippen molar-refractivity contribution >= 4 is 55.9 Å². The summed E-state index contributed by atoms with van der Waals surface area (Å²) in [4.78, 5) is 48.3. The number of phenolic OH excluding ortho intramolecular Hbond substituents is 1. The molecule has 15 nitrogen and oxygen atoms in total. The van der Waals surface area contributed by atoms with Gasteiger partial charge in [0.2, 0.25) is 11.8 Å². The predicted octanol–water partition coefficient (Wildman–Crippen LogP) is 7.62. The molecule has 4 saturated heterocycles. The van der Waals surface area contributed by atoms with Crippen molar-refractivity contribution in [1.29, 1.82) is 0 Å². The van der Waals surface area contributed by atoms with Crippen molar-refractivity contribution in [3.8, 4) is 23.0 Å². The molecule has 0 radical (unpaired) electrons. The second-order valence-corrected chi connectivity index (χ2v) is 22.8. The van der Waals surface area contributed by atoms with E-state index in [-0.39, 0.29) is 45.8 Å². The van der Waals surface area contributed by atoms with E-state index in [2.05, 4.69) is 43.2 Å². The molecule has 3 aromatic carbocycles. The Morgan fingerprint density at radius 1 is 0.890 bits per heavy atom. The maximum Gasteiger partial charge on any atom is 0.319 e. The van der Waals surface area contributed by atoms with Crippen molar-refractivity contribution in [2.75, 3.05) is 81.9 Å². The van der Waals surface area contributed by atoms with Crippen LogP contribution in [0.2, 0.25) is 0 Å². The van der Waals surface area contributed by atoms with Gasteiger partial charge in [-0.25, -0.2) is 8.78 Å². The van der Waals surface area contributed by atoms with Crippen LogP contribution in [-0.4, -0.2) is 134 Å². The van der Waals surface area contributed by atoms with E-state index < -0.39 is 23.2 Å². The van der Waals surface area contributed by atoms with Gasteiger partial charge >= 0.3 is 6.01 Å². The number of ether oxygens (including phenoxy) is 1. The van der Waals surface area contributed by atoms with Crippen LogP contribution in [0.15, 0.2) is 48.7 Å². The lowest BCUT2D eigenvalue weighted by atomic mass is 9.57. The number of phenols is 1. The normalized spacial score (nSPS) is 23.7. The van der Waals surface area contributed by atoms with Gasteiger partial charge in [-0.1, -0.05) is 13.0 Å². The second-order valence-electron chi connectivity index (χ2n) is 22.8. The molecule has 3 aromatic heterocycles. The maximum absolute atomic E-state index is 17.2. The van der Waals surface area contributed by atoms with Crippen LogP contribution in [-0.2, 0) is 23.1 Å². The van der Waals surface area contributed by atoms with Crippen LogP contribution in [0.1, 0.15) is 95.2 Å². The number of nitrogens with zero attached hydrogens (tertiary/aromatic N) is 9. The van der Waals surface area contributed by atoms with Gasteiger partial charge in [-0.3, -0.25) is 29.5 Å². The lowest BCUT2D eigenvalue weighted by molar-refractivity contribution is -0.134. The van der Waals surface area contributed by atoms with Gasteiger partial charge < -0.3 is 29.6 Å². The molecule has 1 spiro atoms. The quantitative estimate of drug-likeness (QED) is 0.103. The number of carbonyl (C=O) groups is 2. The zero-order valence-corrected chi connectivity index (χ0v) is 42.2. The number of nitrogens with one attached hydrogen (secondary N) is 1. The number of amides is 2. The van der Waals surface area contributed by atoms with E-state index in [1.54, 1.807) is 25.3 Å². The number of fused-ring (bicyclic) bond motifs is 3. The minimum atomic E-state index is -0.957. The molecule has 2 saturated carbocycles. The van der Waals surface area contributed by atoms with E-state index in [9.17, 15) is 19.8 Å². The molecule has 6 aromatic rings. The van der Waals surface area contributed by atoms with Crippen LogP contribution >= 0.6 is 0 Å². The van der Waals surface area contributed by atoms with Crippen molar-refractivity contribution in [2.24, 2.45) is 23.8 Å². The van der Waals surface area contributed by atoms with E-state index in [4.69, 9.17) is 19.8 Å².